The molecule has 0 amide bonds. The van der Waals surface area contributed by atoms with Gasteiger partial charge in [0.25, 0.3) is 0 Å². The molecular formula is C15H19N2P. The molecule has 2 rings (SSSR count). The normalized spacial score (nSPS) is 11.0. The molecule has 0 aliphatic rings. The lowest BCUT2D eigenvalue weighted by Gasteiger charge is -2.16. The molecule has 0 radical (unpaired) electrons. The minimum atomic E-state index is 0.846. The van der Waals surface area contributed by atoms with Crippen LogP contribution in [0.3, 0.4) is 0 Å². The highest BCUT2D eigenvalue weighted by Gasteiger charge is 2.07. The van der Waals surface area contributed by atoms with Gasteiger partial charge in [0.05, 0.1) is 5.52 Å². The fraction of sp³-hybridized carbons (Fsp3) is 0.200. The Bertz CT molecular complexity index is 557. The molecule has 94 valence electrons. The molecular weight excluding hydrogens is 239 g/mol. The second-order valence-corrected chi connectivity index (χ2v) is 5.06. The number of benzene rings is 1. The Balaban J connectivity index is 2.39. The predicted molar refractivity (Wildman–Crippen MR) is 82.5 cm³/mol. The summed E-state index contributed by atoms with van der Waals surface area (Å²) in [5, 5.41) is 1.28. The minimum absolute atomic E-state index is 0.846. The summed E-state index contributed by atoms with van der Waals surface area (Å²) in [5.74, 6) is 0. The maximum Gasteiger partial charge on any atom is 0.0529 e. The van der Waals surface area contributed by atoms with Crippen molar-refractivity contribution in [3.63, 3.8) is 0 Å². The fourth-order valence-electron chi connectivity index (χ4n) is 2.21. The quantitative estimate of drug-likeness (QED) is 0.567. The number of aromatic nitrogens is 1. The van der Waals surface area contributed by atoms with Crippen LogP contribution in [-0.4, -0.2) is 15.8 Å². The van der Waals surface area contributed by atoms with Gasteiger partial charge in [0.1, 0.15) is 0 Å². The molecule has 0 aliphatic carbocycles. The number of hydrogen-bond donors (Lipinski definition) is 0. The Morgan fingerprint density at radius 1 is 1.22 bits per heavy atom. The third kappa shape index (κ3) is 2.72. The van der Waals surface area contributed by atoms with Gasteiger partial charge >= 0.3 is 0 Å². The van der Waals surface area contributed by atoms with E-state index < -0.39 is 0 Å². The summed E-state index contributed by atoms with van der Waals surface area (Å²) >= 11 is 0. The Hall–Kier alpha value is -1.37. The van der Waals surface area contributed by atoms with Gasteiger partial charge in [-0.05, 0) is 17.0 Å². The largest absolute Gasteiger partial charge is 0.343 e. The zero-order chi connectivity index (χ0) is 13.0. The van der Waals surface area contributed by atoms with Crippen molar-refractivity contribution in [2.24, 2.45) is 0 Å². The van der Waals surface area contributed by atoms with E-state index >= 15 is 0 Å². The topological polar surface area (TPSA) is 8.17 Å². The van der Waals surface area contributed by atoms with Crippen molar-refractivity contribution in [1.82, 2.24) is 9.24 Å². The Labute approximate surface area is 111 Å². The Morgan fingerprint density at radius 3 is 2.78 bits per heavy atom. The molecule has 1 heterocycles. The van der Waals surface area contributed by atoms with Gasteiger partial charge < -0.3 is 4.57 Å². The molecule has 1 aromatic carbocycles. The maximum atomic E-state index is 3.81. The average Bonchev–Trinajstić information content (AvgIpc) is 2.74. The van der Waals surface area contributed by atoms with Crippen LogP contribution < -0.4 is 0 Å². The first-order valence-corrected chi connectivity index (χ1v) is 6.56. The van der Waals surface area contributed by atoms with E-state index in [1.807, 2.05) is 12.2 Å². The van der Waals surface area contributed by atoms with Crippen LogP contribution in [-0.2, 0) is 13.1 Å². The van der Waals surface area contributed by atoms with Crippen molar-refractivity contribution < 1.29 is 0 Å². The number of para-hydroxylation sites is 1. The molecule has 1 unspecified atom stereocenters. The van der Waals surface area contributed by atoms with Gasteiger partial charge in [-0.25, -0.2) is 0 Å². The second kappa shape index (κ2) is 5.99. The maximum absolute atomic E-state index is 3.81. The van der Waals surface area contributed by atoms with Crippen LogP contribution in [0.4, 0.5) is 0 Å². The first kappa shape index (κ1) is 13.1. The van der Waals surface area contributed by atoms with Crippen molar-refractivity contribution in [2.45, 2.75) is 13.1 Å². The first-order valence-electron chi connectivity index (χ1n) is 6.04. The molecule has 2 aromatic rings. The van der Waals surface area contributed by atoms with Crippen LogP contribution >= 0.6 is 9.39 Å². The molecule has 0 saturated heterocycles. The highest BCUT2D eigenvalue weighted by molar-refractivity contribution is 7.13. The van der Waals surface area contributed by atoms with Gasteiger partial charge in [-0.1, -0.05) is 39.7 Å². The monoisotopic (exact) mass is 258 g/mol. The molecule has 0 bridgehead atoms. The van der Waals surface area contributed by atoms with Crippen LogP contribution in [0.25, 0.3) is 10.9 Å². The zero-order valence-corrected chi connectivity index (χ0v) is 11.7. The van der Waals surface area contributed by atoms with Gasteiger partial charge in [-0.2, -0.15) is 0 Å². The summed E-state index contributed by atoms with van der Waals surface area (Å²) in [4.78, 5) is 0. The molecule has 0 aliphatic heterocycles. The Kier molecular flexibility index (Phi) is 4.35. The van der Waals surface area contributed by atoms with E-state index in [0.717, 1.165) is 19.6 Å². The van der Waals surface area contributed by atoms with Crippen LogP contribution in [0.15, 0.2) is 55.8 Å². The van der Waals surface area contributed by atoms with E-state index in [2.05, 4.69) is 62.2 Å². The summed E-state index contributed by atoms with van der Waals surface area (Å²) in [5.41, 5.74) is 2.63. The second-order valence-electron chi connectivity index (χ2n) is 4.33. The van der Waals surface area contributed by atoms with E-state index in [1.54, 1.807) is 0 Å². The summed E-state index contributed by atoms with van der Waals surface area (Å²) < 4.78 is 4.41. The van der Waals surface area contributed by atoms with Crippen LogP contribution in [0.5, 0.6) is 0 Å². The van der Waals surface area contributed by atoms with Crippen LogP contribution in [0, 0.1) is 0 Å². The van der Waals surface area contributed by atoms with E-state index in [4.69, 9.17) is 0 Å². The third-order valence-corrected chi connectivity index (χ3v) is 3.33. The number of nitrogens with zero attached hydrogens (tertiary/aromatic N) is 2. The molecule has 3 heteroatoms. The number of fused-ring (bicyclic) bond motifs is 1. The van der Waals surface area contributed by atoms with Crippen molar-refractivity contribution in [2.75, 3.05) is 6.54 Å². The van der Waals surface area contributed by atoms with Gasteiger partial charge in [0, 0.05) is 25.8 Å². The van der Waals surface area contributed by atoms with Crippen LogP contribution in [0.2, 0.25) is 0 Å². The van der Waals surface area contributed by atoms with E-state index in [9.17, 15) is 0 Å². The molecule has 0 saturated carbocycles. The third-order valence-electron chi connectivity index (χ3n) is 2.93. The highest BCUT2D eigenvalue weighted by atomic mass is 31.0. The van der Waals surface area contributed by atoms with Gasteiger partial charge in [0.2, 0.25) is 0 Å². The molecule has 0 spiro atoms. The fourth-order valence-corrected chi connectivity index (χ4v) is 2.55. The van der Waals surface area contributed by atoms with Crippen molar-refractivity contribution in [3.8, 4) is 0 Å². The smallest absolute Gasteiger partial charge is 0.0529 e. The highest BCUT2D eigenvalue weighted by Crippen LogP contribution is 2.22. The molecule has 0 N–H and O–H groups in total. The number of allylic oxidation sites excluding steroid dienone is 1. The van der Waals surface area contributed by atoms with Gasteiger partial charge in [0.15, 0.2) is 0 Å². The van der Waals surface area contributed by atoms with E-state index in [1.165, 1.54) is 16.5 Å². The number of hydrogen-bond acceptors (Lipinski definition) is 1. The molecule has 18 heavy (non-hydrogen) atoms. The summed E-state index contributed by atoms with van der Waals surface area (Å²) in [6.07, 6.45) is 5.96. The lowest BCUT2D eigenvalue weighted by atomic mass is 10.1. The lowest BCUT2D eigenvalue weighted by molar-refractivity contribution is 0.517. The molecule has 0 fully saturated rings. The standard InChI is InChI=1S/C15H19N2P/c1-3-9-16-11-8-13-6-5-7-14(15(13)16)12-17(18)10-4-2/h3-8,11H,1-2,9-10,12,18H2. The lowest BCUT2D eigenvalue weighted by Crippen LogP contribution is -2.11. The average molecular weight is 258 g/mol. The van der Waals surface area contributed by atoms with Crippen molar-refractivity contribution >= 4 is 20.3 Å². The molecule has 1 atom stereocenters. The van der Waals surface area contributed by atoms with Gasteiger partial charge in [-0.3, -0.25) is 4.67 Å². The van der Waals surface area contributed by atoms with Crippen molar-refractivity contribution in [1.29, 1.82) is 0 Å². The first-order chi connectivity index (χ1) is 8.76. The van der Waals surface area contributed by atoms with E-state index in [-0.39, 0.29) is 0 Å². The predicted octanol–water partition coefficient (Wildman–Crippen LogP) is 3.61. The molecule has 1 aromatic heterocycles. The molecule has 2 nitrogen and oxygen atoms in total. The van der Waals surface area contributed by atoms with Crippen molar-refractivity contribution in [3.05, 3.63) is 61.3 Å². The minimum Gasteiger partial charge on any atom is -0.343 e. The van der Waals surface area contributed by atoms with E-state index in [0.29, 0.717) is 0 Å². The zero-order valence-electron chi connectivity index (χ0n) is 10.5. The Morgan fingerprint density at radius 2 is 2.06 bits per heavy atom. The summed E-state index contributed by atoms with van der Waals surface area (Å²) in [7, 11) is 2.75. The SMILES string of the molecule is C=CCN(P)Cc1cccc2ccn(CC=C)c12. The summed E-state index contributed by atoms with van der Waals surface area (Å²) in [6.45, 7) is 10.2. The number of rotatable bonds is 6. The summed E-state index contributed by atoms with van der Waals surface area (Å²) in [6, 6.07) is 8.60. The van der Waals surface area contributed by atoms with Crippen LogP contribution in [0.1, 0.15) is 5.56 Å². The van der Waals surface area contributed by atoms with Gasteiger partial charge in [-0.15, -0.1) is 13.2 Å².